The fourth-order valence-corrected chi connectivity index (χ4v) is 5.49. The lowest BCUT2D eigenvalue weighted by Gasteiger charge is -2.10. The number of rotatable bonds is 8. The molecule has 3 heterocycles. The summed E-state index contributed by atoms with van der Waals surface area (Å²) in [5.74, 6) is 1.21. The van der Waals surface area contributed by atoms with Crippen molar-refractivity contribution in [3.05, 3.63) is 77.9 Å². The number of unbranched alkanes of at least 4 members (excludes halogenated alkanes) is 4. The highest BCUT2D eigenvalue weighted by Gasteiger charge is 2.24. The van der Waals surface area contributed by atoms with E-state index in [4.69, 9.17) is 4.74 Å². The van der Waals surface area contributed by atoms with Crippen LogP contribution in [0.4, 0.5) is 5.95 Å². The van der Waals surface area contributed by atoms with E-state index in [-0.39, 0.29) is 5.91 Å². The Hall–Kier alpha value is -4.06. The Kier molecular flexibility index (Phi) is 6.39. The summed E-state index contributed by atoms with van der Waals surface area (Å²) in [6.07, 6.45) is 7.21. The minimum atomic E-state index is -0.178. The molecular weight excluding hydrogens is 460 g/mol. The standard InChI is InChI=1S/C31H32N4O2/c1-2-3-4-5-6-11-23-22-17-16-21(30(36)34-31-32-25-13-8-9-14-26(25)33-31)20-27(22)35-18-19-37-28-15-10-7-12-24(28)29(23)35/h7-10,12-17,20H,2-6,11,18-19H2,1H3,(H2,32,33,34,36). The first-order valence-corrected chi connectivity index (χ1v) is 13.4. The second-order valence-electron chi connectivity index (χ2n) is 9.78. The molecule has 2 N–H and O–H groups in total. The monoisotopic (exact) mass is 492 g/mol. The molecule has 2 aromatic heterocycles. The number of carbonyl (C=O) groups excluding carboxylic acids is 1. The van der Waals surface area contributed by atoms with E-state index in [2.05, 4.69) is 51.0 Å². The summed E-state index contributed by atoms with van der Waals surface area (Å²) in [6.45, 7) is 3.59. The van der Waals surface area contributed by atoms with Crippen LogP contribution in [0.5, 0.6) is 5.75 Å². The minimum absolute atomic E-state index is 0.178. The second kappa shape index (κ2) is 10.1. The van der Waals surface area contributed by atoms with E-state index in [1.807, 2.05) is 42.5 Å². The predicted octanol–water partition coefficient (Wildman–Crippen LogP) is 7.34. The molecule has 5 aromatic rings. The third-order valence-electron chi connectivity index (χ3n) is 7.30. The van der Waals surface area contributed by atoms with Crippen LogP contribution in [-0.4, -0.2) is 27.0 Å². The largest absolute Gasteiger partial charge is 0.491 e. The van der Waals surface area contributed by atoms with Gasteiger partial charge in [0.1, 0.15) is 12.4 Å². The molecule has 0 saturated heterocycles. The molecule has 0 bridgehead atoms. The first kappa shape index (κ1) is 23.3. The molecule has 0 saturated carbocycles. The van der Waals surface area contributed by atoms with Crippen LogP contribution in [0.1, 0.15) is 54.9 Å². The van der Waals surface area contributed by atoms with Crippen LogP contribution in [0.15, 0.2) is 66.7 Å². The van der Waals surface area contributed by atoms with Crippen LogP contribution >= 0.6 is 0 Å². The summed E-state index contributed by atoms with van der Waals surface area (Å²) >= 11 is 0. The lowest BCUT2D eigenvalue weighted by atomic mass is 9.98. The van der Waals surface area contributed by atoms with Crippen molar-refractivity contribution in [1.82, 2.24) is 14.5 Å². The van der Waals surface area contributed by atoms with Crippen LogP contribution in [0.2, 0.25) is 0 Å². The Morgan fingerprint density at radius 3 is 2.76 bits per heavy atom. The number of aromatic amines is 1. The zero-order valence-corrected chi connectivity index (χ0v) is 21.2. The Balaban J connectivity index is 1.38. The summed E-state index contributed by atoms with van der Waals surface area (Å²) in [6, 6.07) is 22.1. The smallest absolute Gasteiger partial charge is 0.258 e. The number of hydrogen-bond acceptors (Lipinski definition) is 3. The number of aromatic nitrogens is 3. The van der Waals surface area contributed by atoms with Gasteiger partial charge in [-0.2, -0.15) is 0 Å². The Morgan fingerprint density at radius 2 is 1.86 bits per heavy atom. The van der Waals surface area contributed by atoms with Gasteiger partial charge in [0, 0.05) is 22.0 Å². The fraction of sp³-hybridized carbons (Fsp3) is 0.290. The molecule has 1 aliphatic heterocycles. The first-order chi connectivity index (χ1) is 18.2. The topological polar surface area (TPSA) is 71.9 Å². The second-order valence-corrected chi connectivity index (χ2v) is 9.78. The summed E-state index contributed by atoms with van der Waals surface area (Å²) in [7, 11) is 0. The molecule has 188 valence electrons. The van der Waals surface area contributed by atoms with Gasteiger partial charge in [0.05, 0.1) is 23.3 Å². The van der Waals surface area contributed by atoms with Crippen LogP contribution in [0.25, 0.3) is 33.2 Å². The molecule has 6 nitrogen and oxygen atoms in total. The van der Waals surface area contributed by atoms with Gasteiger partial charge in [0.2, 0.25) is 5.95 Å². The third kappa shape index (κ3) is 4.48. The van der Waals surface area contributed by atoms with Gasteiger partial charge in [-0.25, -0.2) is 4.98 Å². The molecule has 1 aliphatic rings. The fourth-order valence-electron chi connectivity index (χ4n) is 5.49. The molecule has 0 fully saturated rings. The van der Waals surface area contributed by atoms with E-state index >= 15 is 0 Å². The van der Waals surface area contributed by atoms with E-state index in [9.17, 15) is 4.79 Å². The van der Waals surface area contributed by atoms with Crippen molar-refractivity contribution < 1.29 is 9.53 Å². The van der Waals surface area contributed by atoms with E-state index in [1.54, 1.807) is 0 Å². The van der Waals surface area contributed by atoms with Crippen molar-refractivity contribution in [3.63, 3.8) is 0 Å². The molecule has 0 unspecified atom stereocenters. The maximum Gasteiger partial charge on any atom is 0.258 e. The lowest BCUT2D eigenvalue weighted by molar-refractivity contribution is 0.102. The summed E-state index contributed by atoms with van der Waals surface area (Å²) in [4.78, 5) is 20.9. The number of anilines is 1. The normalized spacial score (nSPS) is 12.7. The molecule has 37 heavy (non-hydrogen) atoms. The predicted molar refractivity (Wildman–Crippen MR) is 149 cm³/mol. The first-order valence-electron chi connectivity index (χ1n) is 13.4. The van der Waals surface area contributed by atoms with Crippen molar-refractivity contribution in [3.8, 4) is 17.0 Å². The number of nitrogens with one attached hydrogen (secondary N) is 2. The Labute approximate surface area is 216 Å². The molecular formula is C31H32N4O2. The van der Waals surface area contributed by atoms with E-state index in [0.717, 1.165) is 47.2 Å². The number of imidazole rings is 1. The van der Waals surface area contributed by atoms with Crippen LogP contribution in [0, 0.1) is 0 Å². The number of ether oxygens (including phenoxy) is 1. The average Bonchev–Trinajstić information content (AvgIpc) is 3.40. The number of fused-ring (bicyclic) bond motifs is 6. The summed E-state index contributed by atoms with van der Waals surface area (Å²) in [5.41, 5.74) is 7.13. The average molecular weight is 493 g/mol. The lowest BCUT2D eigenvalue weighted by Crippen LogP contribution is -2.13. The number of hydrogen-bond donors (Lipinski definition) is 2. The third-order valence-corrected chi connectivity index (χ3v) is 7.30. The van der Waals surface area contributed by atoms with Crippen molar-refractivity contribution in [2.24, 2.45) is 0 Å². The molecule has 3 aromatic carbocycles. The van der Waals surface area contributed by atoms with Gasteiger partial charge in [0.15, 0.2) is 0 Å². The van der Waals surface area contributed by atoms with Crippen LogP contribution < -0.4 is 10.1 Å². The quantitative estimate of drug-likeness (QED) is 0.223. The zero-order chi connectivity index (χ0) is 25.2. The molecule has 0 atom stereocenters. The molecule has 1 amide bonds. The van der Waals surface area contributed by atoms with Gasteiger partial charge in [-0.15, -0.1) is 0 Å². The highest BCUT2D eigenvalue weighted by atomic mass is 16.5. The van der Waals surface area contributed by atoms with E-state index in [1.165, 1.54) is 42.3 Å². The number of carbonyl (C=O) groups is 1. The Bertz CT molecular complexity index is 1550. The van der Waals surface area contributed by atoms with Gasteiger partial charge in [-0.3, -0.25) is 10.1 Å². The number of para-hydroxylation sites is 3. The van der Waals surface area contributed by atoms with Gasteiger partial charge in [-0.05, 0) is 54.8 Å². The van der Waals surface area contributed by atoms with Crippen molar-refractivity contribution >= 4 is 33.8 Å². The SMILES string of the molecule is CCCCCCCc1c2n(c3cc(C(=O)Nc4nc5ccccc5[nH]4)ccc13)CCOc1ccccc1-2. The van der Waals surface area contributed by atoms with Gasteiger partial charge < -0.3 is 14.3 Å². The number of amides is 1. The minimum Gasteiger partial charge on any atom is -0.491 e. The van der Waals surface area contributed by atoms with Gasteiger partial charge in [0.25, 0.3) is 5.91 Å². The summed E-state index contributed by atoms with van der Waals surface area (Å²) in [5, 5.41) is 4.17. The maximum absolute atomic E-state index is 13.2. The number of H-pyrrole nitrogens is 1. The number of aryl methyl sites for hydroxylation is 1. The van der Waals surface area contributed by atoms with Gasteiger partial charge in [-0.1, -0.05) is 62.9 Å². The molecule has 0 radical (unpaired) electrons. The maximum atomic E-state index is 13.2. The molecule has 6 rings (SSSR count). The molecule has 6 heteroatoms. The van der Waals surface area contributed by atoms with Gasteiger partial charge >= 0.3 is 0 Å². The highest BCUT2D eigenvalue weighted by Crippen LogP contribution is 2.41. The van der Waals surface area contributed by atoms with E-state index in [0.29, 0.717) is 18.1 Å². The Morgan fingerprint density at radius 1 is 1.03 bits per heavy atom. The summed E-state index contributed by atoms with van der Waals surface area (Å²) < 4.78 is 8.47. The van der Waals surface area contributed by atoms with Crippen LogP contribution in [0.3, 0.4) is 0 Å². The van der Waals surface area contributed by atoms with Crippen LogP contribution in [-0.2, 0) is 13.0 Å². The van der Waals surface area contributed by atoms with E-state index < -0.39 is 0 Å². The van der Waals surface area contributed by atoms with Crippen molar-refractivity contribution in [2.75, 3.05) is 11.9 Å². The zero-order valence-electron chi connectivity index (χ0n) is 21.2. The van der Waals surface area contributed by atoms with Crippen molar-refractivity contribution in [2.45, 2.75) is 52.0 Å². The van der Waals surface area contributed by atoms with Crippen molar-refractivity contribution in [1.29, 1.82) is 0 Å². The number of nitrogens with zero attached hydrogens (tertiary/aromatic N) is 2. The number of benzene rings is 3. The highest BCUT2D eigenvalue weighted by molar-refractivity contribution is 6.07. The molecule has 0 aliphatic carbocycles. The molecule has 0 spiro atoms.